The largest absolute Gasteiger partial charge is 0.482 e. The van der Waals surface area contributed by atoms with Crippen molar-refractivity contribution in [2.45, 2.75) is 0 Å². The molecule has 0 unspecified atom stereocenters. The van der Waals surface area contributed by atoms with E-state index in [-0.39, 0.29) is 17.9 Å². The van der Waals surface area contributed by atoms with Crippen LogP contribution in [0.5, 0.6) is 11.5 Å². The first-order valence-electron chi connectivity index (χ1n) is 8.79. The highest BCUT2D eigenvalue weighted by Gasteiger charge is 2.13. The second-order valence-electron chi connectivity index (χ2n) is 5.95. The number of nitrogens with zero attached hydrogens (tertiary/aromatic N) is 1. The third-order valence-electron chi connectivity index (χ3n) is 3.78. The van der Waals surface area contributed by atoms with Crippen molar-refractivity contribution in [1.29, 1.82) is 0 Å². The van der Waals surface area contributed by atoms with Crippen LogP contribution in [0.25, 0.3) is 0 Å². The molecule has 8 heteroatoms. The van der Waals surface area contributed by atoms with Gasteiger partial charge in [-0.3, -0.25) is 4.79 Å². The highest BCUT2D eigenvalue weighted by molar-refractivity contribution is 6.32. The molecule has 0 saturated carbocycles. The third kappa shape index (κ3) is 5.89. The van der Waals surface area contributed by atoms with Gasteiger partial charge in [-0.2, -0.15) is 5.10 Å². The molecule has 1 amide bonds. The van der Waals surface area contributed by atoms with Gasteiger partial charge in [0, 0.05) is 0 Å². The van der Waals surface area contributed by atoms with Gasteiger partial charge in [0.25, 0.3) is 5.91 Å². The number of hydrogen-bond acceptors (Lipinski definition) is 5. The van der Waals surface area contributed by atoms with Gasteiger partial charge in [-0.1, -0.05) is 35.9 Å². The van der Waals surface area contributed by atoms with Gasteiger partial charge in [0.2, 0.25) is 0 Å². The van der Waals surface area contributed by atoms with E-state index in [0.29, 0.717) is 16.3 Å². The molecule has 0 aliphatic carbocycles. The Hall–Kier alpha value is -3.71. The molecule has 30 heavy (non-hydrogen) atoms. The molecule has 0 bridgehead atoms. The lowest BCUT2D eigenvalue weighted by atomic mass is 10.2. The smallest absolute Gasteiger partial charge is 0.346 e. The summed E-state index contributed by atoms with van der Waals surface area (Å²) in [7, 11) is 0. The van der Waals surface area contributed by atoms with Gasteiger partial charge in [0.05, 0.1) is 16.8 Å². The first-order chi connectivity index (χ1) is 14.5. The van der Waals surface area contributed by atoms with Crippen LogP contribution in [0.3, 0.4) is 0 Å². The van der Waals surface area contributed by atoms with Gasteiger partial charge in [0.1, 0.15) is 17.3 Å². The van der Waals surface area contributed by atoms with Gasteiger partial charge in [-0.05, 0) is 54.1 Å². The highest BCUT2D eigenvalue weighted by Crippen LogP contribution is 2.22. The maximum absolute atomic E-state index is 13.6. The van der Waals surface area contributed by atoms with Crippen molar-refractivity contribution >= 4 is 29.7 Å². The Kier molecular flexibility index (Phi) is 7.13. The number of carbonyl (C=O) groups is 2. The molecule has 1 N–H and O–H groups in total. The van der Waals surface area contributed by atoms with E-state index in [1.807, 2.05) is 0 Å². The number of para-hydroxylation sites is 1. The van der Waals surface area contributed by atoms with Crippen LogP contribution in [0.2, 0.25) is 5.02 Å². The van der Waals surface area contributed by atoms with Crippen LogP contribution in [-0.2, 0) is 4.79 Å². The average molecular weight is 427 g/mol. The Morgan fingerprint density at radius 3 is 2.43 bits per heavy atom. The van der Waals surface area contributed by atoms with Gasteiger partial charge in [0.15, 0.2) is 6.61 Å². The molecule has 3 aromatic carbocycles. The zero-order chi connectivity index (χ0) is 21.3. The summed E-state index contributed by atoms with van der Waals surface area (Å²) in [5, 5.41) is 4.24. The summed E-state index contributed by atoms with van der Waals surface area (Å²) in [5.41, 5.74) is 2.83. The van der Waals surface area contributed by atoms with E-state index < -0.39 is 17.7 Å². The SMILES string of the molecule is O=C(COc1ccccc1Cl)N/N=C\c1ccc(OC(=O)c2ccccc2F)cc1. The summed E-state index contributed by atoms with van der Waals surface area (Å²) in [4.78, 5) is 23.8. The lowest BCUT2D eigenvalue weighted by Crippen LogP contribution is -2.24. The third-order valence-corrected chi connectivity index (χ3v) is 4.09. The quantitative estimate of drug-likeness (QED) is 0.265. The summed E-state index contributed by atoms with van der Waals surface area (Å²) in [6.45, 7) is -0.244. The topological polar surface area (TPSA) is 77.0 Å². The van der Waals surface area contributed by atoms with Gasteiger partial charge in [-0.15, -0.1) is 0 Å². The van der Waals surface area contributed by atoms with Crippen LogP contribution in [0.15, 0.2) is 77.9 Å². The fourth-order valence-electron chi connectivity index (χ4n) is 2.33. The normalized spacial score (nSPS) is 10.6. The van der Waals surface area contributed by atoms with Crippen molar-refractivity contribution in [1.82, 2.24) is 5.43 Å². The monoisotopic (exact) mass is 426 g/mol. The molecule has 152 valence electrons. The highest BCUT2D eigenvalue weighted by atomic mass is 35.5. The number of rotatable bonds is 7. The van der Waals surface area contributed by atoms with Crippen LogP contribution in [0, 0.1) is 5.82 Å². The van der Waals surface area contributed by atoms with Crippen molar-refractivity contribution in [3.8, 4) is 11.5 Å². The summed E-state index contributed by atoms with van der Waals surface area (Å²) in [6.07, 6.45) is 1.41. The summed E-state index contributed by atoms with van der Waals surface area (Å²) < 4.78 is 24.1. The van der Waals surface area contributed by atoms with Crippen LogP contribution < -0.4 is 14.9 Å². The Bertz CT molecular complexity index is 1070. The number of ether oxygens (including phenoxy) is 2. The van der Waals surface area contributed by atoms with Crippen molar-refractivity contribution in [2.75, 3.05) is 6.61 Å². The van der Waals surface area contributed by atoms with E-state index in [1.54, 1.807) is 42.5 Å². The van der Waals surface area contributed by atoms with Gasteiger partial charge in [-0.25, -0.2) is 14.6 Å². The van der Waals surface area contributed by atoms with E-state index >= 15 is 0 Å². The van der Waals surface area contributed by atoms with E-state index in [0.717, 1.165) is 0 Å². The van der Waals surface area contributed by atoms with Crippen LogP contribution in [-0.4, -0.2) is 24.7 Å². The molecule has 0 fully saturated rings. The molecule has 0 spiro atoms. The van der Waals surface area contributed by atoms with Crippen LogP contribution >= 0.6 is 11.6 Å². The molecule has 0 radical (unpaired) electrons. The summed E-state index contributed by atoms with van der Waals surface area (Å²) in [6, 6.07) is 18.7. The first-order valence-corrected chi connectivity index (χ1v) is 9.17. The van der Waals surface area contributed by atoms with E-state index in [1.165, 1.54) is 36.5 Å². The molecule has 0 aromatic heterocycles. The zero-order valence-electron chi connectivity index (χ0n) is 15.5. The molecule has 3 aromatic rings. The van der Waals surface area contributed by atoms with E-state index in [4.69, 9.17) is 21.1 Å². The minimum absolute atomic E-state index is 0.148. The Morgan fingerprint density at radius 1 is 1.00 bits per heavy atom. The van der Waals surface area contributed by atoms with Gasteiger partial charge < -0.3 is 9.47 Å². The maximum Gasteiger partial charge on any atom is 0.346 e. The van der Waals surface area contributed by atoms with E-state index in [9.17, 15) is 14.0 Å². The predicted molar refractivity (Wildman–Crippen MR) is 110 cm³/mol. The van der Waals surface area contributed by atoms with Crippen molar-refractivity contribution < 1.29 is 23.5 Å². The maximum atomic E-state index is 13.6. The lowest BCUT2D eigenvalue weighted by molar-refractivity contribution is -0.123. The summed E-state index contributed by atoms with van der Waals surface area (Å²) >= 11 is 5.94. The zero-order valence-corrected chi connectivity index (χ0v) is 16.3. The number of esters is 1. The number of carbonyl (C=O) groups excluding carboxylic acids is 2. The Balaban J connectivity index is 1.48. The molecule has 0 saturated heterocycles. The number of hydrazone groups is 1. The molecule has 0 heterocycles. The van der Waals surface area contributed by atoms with Gasteiger partial charge >= 0.3 is 5.97 Å². The summed E-state index contributed by atoms with van der Waals surface area (Å²) in [5.74, 6) is -1.25. The fraction of sp³-hybridized carbons (Fsp3) is 0.0455. The minimum Gasteiger partial charge on any atom is -0.482 e. The number of amides is 1. The minimum atomic E-state index is -0.791. The van der Waals surface area contributed by atoms with Crippen molar-refractivity contribution in [3.05, 3.63) is 94.8 Å². The lowest BCUT2D eigenvalue weighted by Gasteiger charge is -2.06. The van der Waals surface area contributed by atoms with E-state index in [2.05, 4.69) is 10.5 Å². The predicted octanol–water partition coefficient (Wildman–Crippen LogP) is 4.23. The molecular weight excluding hydrogens is 411 g/mol. The molecule has 0 aliphatic rings. The first kappa shape index (κ1) is 21.0. The van der Waals surface area contributed by atoms with Crippen molar-refractivity contribution in [3.63, 3.8) is 0 Å². The van der Waals surface area contributed by atoms with Crippen molar-refractivity contribution in [2.24, 2.45) is 5.10 Å². The number of halogens is 2. The molecule has 0 aliphatic heterocycles. The average Bonchev–Trinajstić information content (AvgIpc) is 2.74. The molecule has 0 atom stereocenters. The van der Waals surface area contributed by atoms with Crippen LogP contribution in [0.1, 0.15) is 15.9 Å². The Morgan fingerprint density at radius 2 is 1.70 bits per heavy atom. The van der Waals surface area contributed by atoms with Crippen LogP contribution in [0.4, 0.5) is 4.39 Å². The Labute approximate surface area is 176 Å². The fourth-order valence-corrected chi connectivity index (χ4v) is 2.52. The second kappa shape index (κ2) is 10.2. The number of benzene rings is 3. The standard InChI is InChI=1S/C22H16ClFN2O4/c23-18-6-2-4-8-20(18)29-14-21(27)26-25-13-15-9-11-16(12-10-15)30-22(28)17-5-1-3-7-19(17)24/h1-13H,14H2,(H,26,27)/b25-13-. The molecular formula is C22H16ClFN2O4. The number of hydrogen-bond donors (Lipinski definition) is 1. The second-order valence-corrected chi connectivity index (χ2v) is 6.36. The molecule has 3 rings (SSSR count). The number of nitrogens with one attached hydrogen (secondary N) is 1. The molecule has 6 nitrogen and oxygen atoms in total.